The predicted octanol–water partition coefficient (Wildman–Crippen LogP) is 1.56. The largest absolute Gasteiger partial charge is 0.368 e. The van der Waals surface area contributed by atoms with Crippen molar-refractivity contribution in [3.8, 4) is 0 Å². The topological polar surface area (TPSA) is 72.2 Å². The van der Waals surface area contributed by atoms with Crippen molar-refractivity contribution in [2.24, 2.45) is 5.73 Å². The highest BCUT2D eigenvalue weighted by molar-refractivity contribution is 6.02. The van der Waals surface area contributed by atoms with Crippen LogP contribution < -0.4 is 11.1 Å². The van der Waals surface area contributed by atoms with Crippen molar-refractivity contribution < 1.29 is 9.59 Å². The van der Waals surface area contributed by atoms with Gasteiger partial charge in [0.05, 0.1) is 0 Å². The molecule has 0 heterocycles. The third-order valence-electron chi connectivity index (χ3n) is 3.75. The summed E-state index contributed by atoms with van der Waals surface area (Å²) in [5.74, 6) is -0.816. The summed E-state index contributed by atoms with van der Waals surface area (Å²) in [7, 11) is 0. The van der Waals surface area contributed by atoms with Gasteiger partial charge in [-0.05, 0) is 22.8 Å². The molecule has 2 aliphatic rings. The average molecular weight is 292 g/mol. The quantitative estimate of drug-likeness (QED) is 0.864. The molecule has 3 N–H and O–H groups in total. The maximum Gasteiger partial charge on any atom is 0.252 e. The smallest absolute Gasteiger partial charge is 0.252 e. The molecule has 1 aromatic carbocycles. The number of amides is 2. The molecule has 4 nitrogen and oxygen atoms in total. The van der Waals surface area contributed by atoms with Gasteiger partial charge in [-0.25, -0.2) is 0 Å². The summed E-state index contributed by atoms with van der Waals surface area (Å²) in [5.41, 5.74) is 8.85. The number of primary amides is 1. The minimum Gasteiger partial charge on any atom is -0.368 e. The highest BCUT2D eigenvalue weighted by Crippen LogP contribution is 2.29. The molecule has 0 aliphatic heterocycles. The first-order chi connectivity index (χ1) is 10.6. The molecule has 1 atom stereocenters. The molecule has 0 saturated heterocycles. The van der Waals surface area contributed by atoms with Crippen molar-refractivity contribution in [2.75, 3.05) is 0 Å². The lowest BCUT2D eigenvalue weighted by molar-refractivity contribution is -0.125. The van der Waals surface area contributed by atoms with Crippen LogP contribution in [0.15, 0.2) is 77.4 Å². The molecule has 3 rings (SSSR count). The maximum atomic E-state index is 12.4. The summed E-state index contributed by atoms with van der Waals surface area (Å²) in [6.45, 7) is 0. The van der Waals surface area contributed by atoms with E-state index >= 15 is 0 Å². The second kappa shape index (κ2) is 5.85. The highest BCUT2D eigenvalue weighted by atomic mass is 16.2. The number of benzene rings is 1. The molecule has 0 saturated carbocycles. The van der Waals surface area contributed by atoms with Gasteiger partial charge in [0, 0.05) is 12.0 Å². The predicted molar refractivity (Wildman–Crippen MR) is 84.7 cm³/mol. The number of carbonyl (C=O) groups excluding carboxylic acids is 2. The fourth-order valence-corrected chi connectivity index (χ4v) is 2.59. The van der Waals surface area contributed by atoms with E-state index < -0.39 is 11.9 Å². The minimum atomic E-state index is -0.727. The Labute approximate surface area is 128 Å². The molecule has 0 spiro atoms. The van der Waals surface area contributed by atoms with Gasteiger partial charge < -0.3 is 11.1 Å². The van der Waals surface area contributed by atoms with Crippen LogP contribution in [0.4, 0.5) is 0 Å². The van der Waals surface area contributed by atoms with Crippen LogP contribution in [0.5, 0.6) is 0 Å². The molecule has 0 aromatic heterocycles. The molecule has 110 valence electrons. The number of hydrogen-bond acceptors (Lipinski definition) is 2. The van der Waals surface area contributed by atoms with E-state index in [1.807, 2.05) is 54.6 Å². The van der Waals surface area contributed by atoms with Gasteiger partial charge in [-0.3, -0.25) is 9.59 Å². The van der Waals surface area contributed by atoms with Gasteiger partial charge in [-0.15, -0.1) is 0 Å². The number of rotatable bonds is 5. The van der Waals surface area contributed by atoms with Crippen molar-refractivity contribution >= 4 is 11.8 Å². The number of nitrogens with two attached hydrogens (primary N) is 1. The SMILES string of the molecule is NC(=O)[C@H](Cc1ccccc1)NC(=O)C1=C2C=CC=C2C=C1. The highest BCUT2D eigenvalue weighted by Gasteiger charge is 2.24. The Morgan fingerprint density at radius 3 is 2.59 bits per heavy atom. The Bertz CT molecular complexity index is 740. The Morgan fingerprint density at radius 2 is 1.86 bits per heavy atom. The first kappa shape index (κ1) is 14.1. The zero-order valence-corrected chi connectivity index (χ0v) is 12.0. The number of allylic oxidation sites excluding steroid dienone is 6. The van der Waals surface area contributed by atoms with Crippen LogP contribution in [0, 0.1) is 0 Å². The summed E-state index contributed by atoms with van der Waals surface area (Å²) in [6.07, 6.45) is 9.77. The zero-order valence-electron chi connectivity index (χ0n) is 12.0. The molecule has 2 aliphatic carbocycles. The summed E-state index contributed by atoms with van der Waals surface area (Å²) < 4.78 is 0. The molecule has 1 aromatic rings. The van der Waals surface area contributed by atoms with E-state index in [1.54, 1.807) is 6.08 Å². The van der Waals surface area contributed by atoms with Crippen LogP contribution in [-0.4, -0.2) is 17.9 Å². The second-order valence-corrected chi connectivity index (χ2v) is 5.26. The van der Waals surface area contributed by atoms with Gasteiger partial charge in [0.1, 0.15) is 6.04 Å². The number of hydrogen-bond donors (Lipinski definition) is 2. The third-order valence-corrected chi connectivity index (χ3v) is 3.75. The lowest BCUT2D eigenvalue weighted by atomic mass is 10.0. The van der Waals surface area contributed by atoms with Crippen LogP contribution in [0.25, 0.3) is 0 Å². The monoisotopic (exact) mass is 292 g/mol. The molecule has 0 bridgehead atoms. The van der Waals surface area contributed by atoms with Gasteiger partial charge in [-0.1, -0.05) is 54.6 Å². The molecule has 0 radical (unpaired) electrons. The van der Waals surface area contributed by atoms with Crippen LogP contribution in [0.3, 0.4) is 0 Å². The van der Waals surface area contributed by atoms with Crippen molar-refractivity contribution in [2.45, 2.75) is 12.5 Å². The second-order valence-electron chi connectivity index (χ2n) is 5.26. The first-order valence-corrected chi connectivity index (χ1v) is 7.10. The normalized spacial score (nSPS) is 16.5. The number of nitrogens with one attached hydrogen (secondary N) is 1. The molecule has 2 amide bonds. The molecular formula is C18H16N2O2. The molecule has 22 heavy (non-hydrogen) atoms. The van der Waals surface area contributed by atoms with E-state index in [2.05, 4.69) is 5.32 Å². The van der Waals surface area contributed by atoms with Crippen LogP contribution in [0.2, 0.25) is 0 Å². The Kier molecular flexibility index (Phi) is 3.74. The van der Waals surface area contributed by atoms with Crippen LogP contribution in [-0.2, 0) is 16.0 Å². The summed E-state index contributed by atoms with van der Waals surface area (Å²) >= 11 is 0. The minimum absolute atomic E-state index is 0.277. The molecule has 0 unspecified atom stereocenters. The van der Waals surface area contributed by atoms with E-state index in [0.717, 1.165) is 16.7 Å². The van der Waals surface area contributed by atoms with Gasteiger partial charge in [0.2, 0.25) is 5.91 Å². The lowest BCUT2D eigenvalue weighted by Gasteiger charge is -2.16. The van der Waals surface area contributed by atoms with Gasteiger partial charge in [-0.2, -0.15) is 0 Å². The summed E-state index contributed by atoms with van der Waals surface area (Å²) in [6, 6.07) is 8.76. The molecular weight excluding hydrogens is 276 g/mol. The standard InChI is InChI=1S/C18H16N2O2/c19-17(21)16(11-12-5-2-1-3-6-12)20-18(22)15-10-9-13-7-4-8-14(13)15/h1-10,16H,11H2,(H2,19,21)(H,20,22)/t16-/m0/s1. The fourth-order valence-electron chi connectivity index (χ4n) is 2.59. The van der Waals surface area contributed by atoms with E-state index in [4.69, 9.17) is 5.73 Å². The number of carbonyl (C=O) groups is 2. The summed E-state index contributed by atoms with van der Waals surface area (Å²) in [4.78, 5) is 24.0. The fraction of sp³-hybridized carbons (Fsp3) is 0.111. The third kappa shape index (κ3) is 2.76. The van der Waals surface area contributed by atoms with Crippen molar-refractivity contribution in [3.63, 3.8) is 0 Å². The van der Waals surface area contributed by atoms with Gasteiger partial charge >= 0.3 is 0 Å². The van der Waals surface area contributed by atoms with E-state index in [0.29, 0.717) is 12.0 Å². The van der Waals surface area contributed by atoms with E-state index in [1.165, 1.54) is 0 Å². The van der Waals surface area contributed by atoms with Gasteiger partial charge in [0.25, 0.3) is 5.91 Å². The van der Waals surface area contributed by atoms with E-state index in [-0.39, 0.29) is 5.91 Å². The van der Waals surface area contributed by atoms with Crippen molar-refractivity contribution in [3.05, 3.63) is 83.0 Å². The number of fused-ring (bicyclic) bond motifs is 1. The lowest BCUT2D eigenvalue weighted by Crippen LogP contribution is -2.46. The van der Waals surface area contributed by atoms with Gasteiger partial charge in [0.15, 0.2) is 0 Å². The van der Waals surface area contributed by atoms with Crippen molar-refractivity contribution in [1.82, 2.24) is 5.32 Å². The molecule has 4 heteroatoms. The van der Waals surface area contributed by atoms with Crippen molar-refractivity contribution in [1.29, 1.82) is 0 Å². The Hall–Kier alpha value is -2.88. The van der Waals surface area contributed by atoms with Crippen LogP contribution >= 0.6 is 0 Å². The maximum absolute atomic E-state index is 12.4. The first-order valence-electron chi connectivity index (χ1n) is 7.10. The Balaban J connectivity index is 1.75. The Morgan fingerprint density at radius 1 is 1.09 bits per heavy atom. The van der Waals surface area contributed by atoms with E-state index in [9.17, 15) is 9.59 Å². The van der Waals surface area contributed by atoms with Crippen LogP contribution in [0.1, 0.15) is 5.56 Å². The average Bonchev–Trinajstić information content (AvgIpc) is 3.10. The molecule has 0 fully saturated rings. The zero-order chi connectivity index (χ0) is 15.5. The summed E-state index contributed by atoms with van der Waals surface area (Å²) in [5, 5.41) is 2.74.